The molecule has 0 aliphatic rings. The molecule has 0 N–H and O–H groups in total. The topological polar surface area (TPSA) is 78.3 Å². The average Bonchev–Trinajstić information content (AvgIpc) is 2.49. The molecule has 8 heteroatoms. The van der Waals surface area contributed by atoms with Crippen LogP contribution in [0.15, 0.2) is 17.3 Å². The standard InChI is InChI=1S/C5H5FN2O4S/c1-12-5(9)8-4(2-3-7-8)13(6,10)11/h2-3H,1H3. The van der Waals surface area contributed by atoms with Gasteiger partial charge in [0.05, 0.1) is 13.3 Å². The minimum absolute atomic E-state index is 0.315. The van der Waals surface area contributed by atoms with E-state index in [1.165, 1.54) is 0 Å². The smallest absolute Gasteiger partial charge is 0.435 e. The molecule has 1 rings (SSSR count). The predicted molar refractivity (Wildman–Crippen MR) is 38.3 cm³/mol. The highest BCUT2D eigenvalue weighted by molar-refractivity contribution is 7.86. The second-order valence-corrected chi connectivity index (χ2v) is 3.28. The van der Waals surface area contributed by atoms with Crippen LogP contribution in [0.4, 0.5) is 8.68 Å². The third-order valence-electron chi connectivity index (χ3n) is 1.21. The van der Waals surface area contributed by atoms with E-state index in [0.717, 1.165) is 19.4 Å². The van der Waals surface area contributed by atoms with Crippen molar-refractivity contribution < 1.29 is 21.8 Å². The molecule has 0 saturated heterocycles. The van der Waals surface area contributed by atoms with Crippen LogP contribution in [-0.4, -0.2) is 31.4 Å². The summed E-state index contributed by atoms with van der Waals surface area (Å²) in [5.74, 6) is 0. The fourth-order valence-electron chi connectivity index (χ4n) is 0.699. The van der Waals surface area contributed by atoms with E-state index < -0.39 is 21.3 Å². The normalized spacial score (nSPS) is 11.2. The third kappa shape index (κ3) is 1.83. The van der Waals surface area contributed by atoms with Crippen LogP contribution in [0, 0.1) is 0 Å². The Balaban J connectivity index is 3.26. The highest BCUT2D eigenvalue weighted by Crippen LogP contribution is 2.10. The number of rotatable bonds is 1. The van der Waals surface area contributed by atoms with Gasteiger partial charge in [-0.3, -0.25) is 0 Å². The lowest BCUT2D eigenvalue weighted by Crippen LogP contribution is -2.17. The minimum atomic E-state index is -4.95. The van der Waals surface area contributed by atoms with Crippen molar-refractivity contribution in [3.63, 3.8) is 0 Å². The molecule has 0 amide bonds. The lowest BCUT2D eigenvalue weighted by atomic mass is 10.7. The van der Waals surface area contributed by atoms with E-state index in [4.69, 9.17) is 0 Å². The van der Waals surface area contributed by atoms with E-state index in [9.17, 15) is 17.1 Å². The predicted octanol–water partition coefficient (Wildman–Crippen LogP) is 0.156. The second-order valence-electron chi connectivity index (χ2n) is 1.99. The highest BCUT2D eigenvalue weighted by Gasteiger charge is 2.22. The number of methoxy groups -OCH3 is 1. The molecule has 0 bridgehead atoms. The Bertz CT molecular complexity index is 423. The lowest BCUT2D eigenvalue weighted by Gasteiger charge is -1.99. The Morgan fingerprint density at radius 1 is 1.69 bits per heavy atom. The molecule has 0 fully saturated rings. The Labute approximate surface area is 73.1 Å². The van der Waals surface area contributed by atoms with Crippen molar-refractivity contribution in [2.75, 3.05) is 7.11 Å². The van der Waals surface area contributed by atoms with Gasteiger partial charge in [-0.15, -0.1) is 0 Å². The van der Waals surface area contributed by atoms with Gasteiger partial charge in [-0.05, 0) is 6.07 Å². The second kappa shape index (κ2) is 3.13. The SMILES string of the molecule is COC(=O)n1nccc1S(=O)(=O)F. The maximum absolute atomic E-state index is 12.4. The van der Waals surface area contributed by atoms with Gasteiger partial charge in [0.25, 0.3) is 0 Å². The molecule has 0 unspecified atom stereocenters. The zero-order valence-electron chi connectivity index (χ0n) is 6.47. The largest absolute Gasteiger partial charge is 0.451 e. The molecule has 1 aromatic rings. The quantitative estimate of drug-likeness (QED) is 0.614. The first-order chi connectivity index (χ1) is 5.96. The fraction of sp³-hybridized carbons (Fsp3) is 0.200. The minimum Gasteiger partial charge on any atom is -0.451 e. The zero-order chi connectivity index (χ0) is 10.1. The van der Waals surface area contributed by atoms with Crippen LogP contribution in [0.3, 0.4) is 0 Å². The Hall–Kier alpha value is -1.44. The molecule has 72 valence electrons. The van der Waals surface area contributed by atoms with E-state index >= 15 is 0 Å². The van der Waals surface area contributed by atoms with Crippen LogP contribution < -0.4 is 0 Å². The molecule has 1 heterocycles. The summed E-state index contributed by atoms with van der Waals surface area (Å²) in [6, 6.07) is 0.853. The van der Waals surface area contributed by atoms with Gasteiger partial charge in [0, 0.05) is 0 Å². The molecule has 0 aliphatic heterocycles. The van der Waals surface area contributed by atoms with Crippen LogP contribution in [0.2, 0.25) is 0 Å². The maximum atomic E-state index is 12.4. The third-order valence-corrected chi connectivity index (χ3v) is 2.01. The number of nitrogens with zero attached hydrogens (tertiary/aromatic N) is 2. The van der Waals surface area contributed by atoms with Crippen LogP contribution in [0.25, 0.3) is 0 Å². The first-order valence-electron chi connectivity index (χ1n) is 3.04. The molecule has 0 radical (unpaired) electrons. The number of aromatic nitrogens is 2. The van der Waals surface area contributed by atoms with Gasteiger partial charge in [-0.2, -0.15) is 18.2 Å². The summed E-state index contributed by atoms with van der Waals surface area (Å²) in [5, 5.41) is 2.43. The molecule has 0 atom stereocenters. The van der Waals surface area contributed by atoms with E-state index in [2.05, 4.69) is 9.84 Å². The van der Waals surface area contributed by atoms with E-state index in [1.807, 2.05) is 0 Å². The van der Waals surface area contributed by atoms with Crippen molar-refractivity contribution in [1.29, 1.82) is 0 Å². The Morgan fingerprint density at radius 3 is 2.77 bits per heavy atom. The van der Waals surface area contributed by atoms with Gasteiger partial charge >= 0.3 is 16.3 Å². The number of halogens is 1. The van der Waals surface area contributed by atoms with Crippen molar-refractivity contribution in [3.05, 3.63) is 12.3 Å². The summed E-state index contributed by atoms with van der Waals surface area (Å²) >= 11 is 0. The molecule has 0 aliphatic carbocycles. The average molecular weight is 208 g/mol. The lowest BCUT2D eigenvalue weighted by molar-refractivity contribution is 0.166. The fourth-order valence-corrected chi connectivity index (χ4v) is 1.25. The number of ether oxygens (including phenoxy) is 1. The van der Waals surface area contributed by atoms with Gasteiger partial charge in [-0.1, -0.05) is 3.89 Å². The molecule has 0 saturated carbocycles. The first-order valence-corrected chi connectivity index (χ1v) is 4.42. The number of hydrogen-bond acceptors (Lipinski definition) is 5. The molecule has 0 aromatic carbocycles. The first kappa shape index (κ1) is 9.65. The van der Waals surface area contributed by atoms with Crippen LogP contribution in [0.1, 0.15) is 0 Å². The summed E-state index contributed by atoms with van der Waals surface area (Å²) in [4.78, 5) is 10.8. The zero-order valence-corrected chi connectivity index (χ0v) is 7.28. The molecular formula is C5H5FN2O4S. The van der Waals surface area contributed by atoms with Crippen molar-refractivity contribution in [1.82, 2.24) is 9.78 Å². The van der Waals surface area contributed by atoms with E-state index in [-0.39, 0.29) is 0 Å². The molecule has 1 aromatic heterocycles. The molecule has 0 spiro atoms. The molecule has 13 heavy (non-hydrogen) atoms. The van der Waals surface area contributed by atoms with E-state index in [1.54, 1.807) is 0 Å². The van der Waals surface area contributed by atoms with Gasteiger partial charge in [0.1, 0.15) is 0 Å². The molecular weight excluding hydrogens is 203 g/mol. The summed E-state index contributed by atoms with van der Waals surface area (Å²) in [6.45, 7) is 0. The summed E-state index contributed by atoms with van der Waals surface area (Å²) in [5.41, 5.74) is 0. The van der Waals surface area contributed by atoms with Gasteiger partial charge in [-0.25, -0.2) is 4.79 Å². The Morgan fingerprint density at radius 2 is 2.31 bits per heavy atom. The maximum Gasteiger partial charge on any atom is 0.435 e. The Kier molecular flexibility index (Phi) is 2.32. The highest BCUT2D eigenvalue weighted by atomic mass is 32.3. The summed E-state index contributed by atoms with van der Waals surface area (Å²) in [6.07, 6.45) is -0.0927. The van der Waals surface area contributed by atoms with Crippen molar-refractivity contribution in [3.8, 4) is 0 Å². The van der Waals surface area contributed by atoms with Crippen molar-refractivity contribution in [2.45, 2.75) is 5.03 Å². The van der Waals surface area contributed by atoms with Crippen molar-refractivity contribution >= 4 is 16.3 Å². The number of hydrogen-bond donors (Lipinski definition) is 0. The van der Waals surface area contributed by atoms with Gasteiger partial charge in [0.15, 0.2) is 5.03 Å². The summed E-state index contributed by atoms with van der Waals surface area (Å²) in [7, 11) is -3.92. The van der Waals surface area contributed by atoms with Crippen molar-refractivity contribution in [2.24, 2.45) is 0 Å². The summed E-state index contributed by atoms with van der Waals surface area (Å²) < 4.78 is 37.7. The van der Waals surface area contributed by atoms with Crippen LogP contribution in [0.5, 0.6) is 0 Å². The van der Waals surface area contributed by atoms with Gasteiger partial charge in [0.2, 0.25) is 0 Å². The van der Waals surface area contributed by atoms with Gasteiger partial charge < -0.3 is 4.74 Å². The number of carbonyl (C=O) groups excluding carboxylic acids is 1. The molecule has 6 nitrogen and oxygen atoms in total. The van der Waals surface area contributed by atoms with Crippen LogP contribution in [-0.2, 0) is 15.0 Å². The van der Waals surface area contributed by atoms with E-state index in [0.29, 0.717) is 4.68 Å². The monoisotopic (exact) mass is 208 g/mol. The number of carbonyl (C=O) groups is 1. The van der Waals surface area contributed by atoms with Crippen LogP contribution >= 0.6 is 0 Å².